The monoisotopic (exact) mass is 290 g/mol. The van der Waals surface area contributed by atoms with Gasteiger partial charge in [0.15, 0.2) is 0 Å². The second kappa shape index (κ2) is 4.98. The minimum absolute atomic E-state index is 0.322. The highest BCUT2D eigenvalue weighted by atomic mass is 79.9. The molecule has 2 aromatic rings. The maximum atomic E-state index is 13.5. The van der Waals surface area contributed by atoms with E-state index in [1.54, 1.807) is 36.4 Å². The van der Waals surface area contributed by atoms with Crippen LogP contribution in [0, 0.1) is 17.1 Å². The molecule has 0 spiro atoms. The molecule has 0 unspecified atom stereocenters. The van der Waals surface area contributed by atoms with E-state index in [0.29, 0.717) is 11.3 Å². The summed E-state index contributed by atoms with van der Waals surface area (Å²) < 4.78 is 14.3. The predicted molar refractivity (Wildman–Crippen MR) is 68.5 cm³/mol. The van der Waals surface area contributed by atoms with Crippen LogP contribution >= 0.6 is 15.9 Å². The zero-order chi connectivity index (χ0) is 12.3. The number of nitrogens with one attached hydrogen (secondary N) is 1. The molecule has 0 aliphatic carbocycles. The Morgan fingerprint density at radius 2 is 1.82 bits per heavy atom. The van der Waals surface area contributed by atoms with Crippen molar-refractivity contribution in [1.82, 2.24) is 0 Å². The lowest BCUT2D eigenvalue weighted by atomic mass is 10.2. The van der Waals surface area contributed by atoms with Gasteiger partial charge >= 0.3 is 0 Å². The van der Waals surface area contributed by atoms with Crippen molar-refractivity contribution < 1.29 is 4.39 Å². The molecular formula is C13H8BrFN2. The molecule has 0 aromatic heterocycles. The van der Waals surface area contributed by atoms with Gasteiger partial charge in [0.25, 0.3) is 0 Å². The van der Waals surface area contributed by atoms with E-state index >= 15 is 0 Å². The fourth-order valence-electron chi connectivity index (χ4n) is 1.38. The van der Waals surface area contributed by atoms with E-state index in [1.165, 1.54) is 6.07 Å². The summed E-state index contributed by atoms with van der Waals surface area (Å²) in [7, 11) is 0. The first-order chi connectivity index (χ1) is 8.19. The predicted octanol–water partition coefficient (Wildman–Crippen LogP) is 4.20. The highest BCUT2D eigenvalue weighted by molar-refractivity contribution is 9.10. The van der Waals surface area contributed by atoms with E-state index in [2.05, 4.69) is 21.2 Å². The van der Waals surface area contributed by atoms with Crippen LogP contribution in [-0.2, 0) is 0 Å². The first-order valence-electron chi connectivity index (χ1n) is 4.91. The van der Waals surface area contributed by atoms with E-state index in [4.69, 9.17) is 5.26 Å². The minimum atomic E-state index is -0.322. The number of rotatable bonds is 2. The van der Waals surface area contributed by atoms with Gasteiger partial charge in [-0.1, -0.05) is 15.9 Å². The average Bonchev–Trinajstić information content (AvgIpc) is 2.35. The normalized spacial score (nSPS) is 9.71. The Morgan fingerprint density at radius 3 is 2.47 bits per heavy atom. The number of nitrogens with zero attached hydrogens (tertiary/aromatic N) is 1. The molecule has 0 aliphatic heterocycles. The molecule has 2 nitrogen and oxygen atoms in total. The van der Waals surface area contributed by atoms with Gasteiger partial charge in [0.2, 0.25) is 0 Å². The van der Waals surface area contributed by atoms with Crippen molar-refractivity contribution >= 4 is 27.3 Å². The van der Waals surface area contributed by atoms with Crippen LogP contribution in [0.1, 0.15) is 5.56 Å². The molecule has 0 fully saturated rings. The number of benzene rings is 2. The first-order valence-corrected chi connectivity index (χ1v) is 5.70. The Labute approximate surface area is 107 Å². The average molecular weight is 291 g/mol. The molecule has 0 atom stereocenters. The molecule has 0 heterocycles. The number of nitriles is 1. The van der Waals surface area contributed by atoms with Gasteiger partial charge in [-0.3, -0.25) is 0 Å². The van der Waals surface area contributed by atoms with Gasteiger partial charge in [-0.15, -0.1) is 0 Å². The lowest BCUT2D eigenvalue weighted by Gasteiger charge is -2.07. The maximum absolute atomic E-state index is 13.5. The van der Waals surface area contributed by atoms with Crippen molar-refractivity contribution in [2.45, 2.75) is 0 Å². The zero-order valence-electron chi connectivity index (χ0n) is 8.74. The number of anilines is 2. The summed E-state index contributed by atoms with van der Waals surface area (Å²) in [5.41, 5.74) is 1.70. The van der Waals surface area contributed by atoms with E-state index in [9.17, 15) is 4.39 Å². The van der Waals surface area contributed by atoms with Crippen LogP contribution in [0.5, 0.6) is 0 Å². The number of halogens is 2. The van der Waals surface area contributed by atoms with Crippen molar-refractivity contribution in [3.8, 4) is 6.07 Å². The van der Waals surface area contributed by atoms with Crippen LogP contribution in [0.2, 0.25) is 0 Å². The molecule has 84 valence electrons. The van der Waals surface area contributed by atoms with Crippen molar-refractivity contribution in [2.24, 2.45) is 0 Å². The Bertz CT molecular complexity index is 573. The largest absolute Gasteiger partial charge is 0.353 e. The summed E-state index contributed by atoms with van der Waals surface area (Å²) in [6.07, 6.45) is 0. The Hall–Kier alpha value is -1.86. The molecule has 0 aliphatic rings. The molecule has 1 N–H and O–H groups in total. The van der Waals surface area contributed by atoms with Gasteiger partial charge in [0, 0.05) is 10.2 Å². The summed E-state index contributed by atoms with van der Waals surface area (Å²) in [6.45, 7) is 0. The molecule has 4 heteroatoms. The number of hydrogen-bond donors (Lipinski definition) is 1. The van der Waals surface area contributed by atoms with Crippen LogP contribution in [0.15, 0.2) is 46.9 Å². The molecule has 2 aromatic carbocycles. The highest BCUT2D eigenvalue weighted by Crippen LogP contribution is 2.23. The zero-order valence-corrected chi connectivity index (χ0v) is 10.3. The Morgan fingerprint density at radius 1 is 1.12 bits per heavy atom. The number of hydrogen-bond acceptors (Lipinski definition) is 2. The van der Waals surface area contributed by atoms with E-state index in [1.807, 2.05) is 6.07 Å². The van der Waals surface area contributed by atoms with Crippen molar-refractivity contribution in [1.29, 1.82) is 5.26 Å². The smallest absolute Gasteiger partial charge is 0.146 e. The second-order valence-corrected chi connectivity index (χ2v) is 4.35. The third-order valence-electron chi connectivity index (χ3n) is 2.22. The molecule has 0 saturated heterocycles. The highest BCUT2D eigenvalue weighted by Gasteiger charge is 2.03. The third kappa shape index (κ3) is 2.83. The molecule has 0 amide bonds. The maximum Gasteiger partial charge on any atom is 0.146 e. The fraction of sp³-hybridized carbons (Fsp3) is 0. The summed E-state index contributed by atoms with van der Waals surface area (Å²) >= 11 is 3.28. The minimum Gasteiger partial charge on any atom is -0.353 e. The van der Waals surface area contributed by atoms with Gasteiger partial charge in [-0.05, 0) is 42.5 Å². The Kier molecular flexibility index (Phi) is 3.40. The standard InChI is InChI=1S/C13H8BrFN2/c14-10-3-6-12(15)13(7-10)17-11-4-1-9(8-16)2-5-11/h1-7,17H. The molecule has 17 heavy (non-hydrogen) atoms. The summed E-state index contributed by atoms with van der Waals surface area (Å²) in [4.78, 5) is 0. The lowest BCUT2D eigenvalue weighted by molar-refractivity contribution is 0.631. The quantitative estimate of drug-likeness (QED) is 0.900. The molecular weight excluding hydrogens is 283 g/mol. The molecule has 0 radical (unpaired) electrons. The topological polar surface area (TPSA) is 35.8 Å². The van der Waals surface area contributed by atoms with Crippen molar-refractivity contribution in [3.63, 3.8) is 0 Å². The van der Waals surface area contributed by atoms with Crippen LogP contribution in [-0.4, -0.2) is 0 Å². The van der Waals surface area contributed by atoms with E-state index in [0.717, 1.165) is 10.2 Å². The molecule has 2 rings (SSSR count). The van der Waals surface area contributed by atoms with Crippen LogP contribution in [0.3, 0.4) is 0 Å². The lowest BCUT2D eigenvalue weighted by Crippen LogP contribution is -1.93. The van der Waals surface area contributed by atoms with E-state index in [-0.39, 0.29) is 5.82 Å². The van der Waals surface area contributed by atoms with Crippen LogP contribution < -0.4 is 5.32 Å². The van der Waals surface area contributed by atoms with E-state index < -0.39 is 0 Å². The fourth-order valence-corrected chi connectivity index (χ4v) is 1.74. The van der Waals surface area contributed by atoms with Gasteiger partial charge in [0.05, 0.1) is 17.3 Å². The van der Waals surface area contributed by atoms with Crippen molar-refractivity contribution in [3.05, 3.63) is 58.3 Å². The summed E-state index contributed by atoms with van der Waals surface area (Å²) in [6, 6.07) is 13.5. The van der Waals surface area contributed by atoms with Gasteiger partial charge in [-0.2, -0.15) is 5.26 Å². The van der Waals surface area contributed by atoms with Gasteiger partial charge in [0.1, 0.15) is 5.82 Å². The Balaban J connectivity index is 2.25. The molecule has 0 bridgehead atoms. The summed E-state index contributed by atoms with van der Waals surface area (Å²) in [5.74, 6) is -0.322. The van der Waals surface area contributed by atoms with Gasteiger partial charge < -0.3 is 5.32 Å². The van der Waals surface area contributed by atoms with Crippen LogP contribution in [0.4, 0.5) is 15.8 Å². The second-order valence-electron chi connectivity index (χ2n) is 3.44. The third-order valence-corrected chi connectivity index (χ3v) is 2.71. The van der Waals surface area contributed by atoms with Crippen LogP contribution in [0.25, 0.3) is 0 Å². The van der Waals surface area contributed by atoms with Gasteiger partial charge in [-0.25, -0.2) is 4.39 Å². The van der Waals surface area contributed by atoms with Crippen molar-refractivity contribution in [2.75, 3.05) is 5.32 Å². The SMILES string of the molecule is N#Cc1ccc(Nc2cc(Br)ccc2F)cc1. The summed E-state index contributed by atoms with van der Waals surface area (Å²) in [5, 5.41) is 11.6. The molecule has 0 saturated carbocycles. The first kappa shape index (κ1) is 11.6.